The van der Waals surface area contributed by atoms with Crippen LogP contribution in [0.1, 0.15) is 36.5 Å². The number of hydrogen-bond acceptors (Lipinski definition) is 6. The van der Waals surface area contributed by atoms with Gasteiger partial charge in [0.2, 0.25) is 0 Å². The molecule has 1 atom stereocenters. The average molecular weight is 386 g/mol. The van der Waals surface area contributed by atoms with Gasteiger partial charge in [-0.3, -0.25) is 9.36 Å². The minimum atomic E-state index is -0.00189. The van der Waals surface area contributed by atoms with E-state index >= 15 is 0 Å². The molecule has 144 valence electrons. The lowest BCUT2D eigenvalue weighted by atomic mass is 10.1. The number of fused-ring (bicyclic) bond motifs is 1. The highest BCUT2D eigenvalue weighted by molar-refractivity contribution is 7.12. The Balaban J connectivity index is 2.05. The van der Waals surface area contributed by atoms with E-state index in [9.17, 15) is 4.79 Å². The van der Waals surface area contributed by atoms with E-state index in [4.69, 9.17) is 4.98 Å². The van der Waals surface area contributed by atoms with Gasteiger partial charge >= 0.3 is 0 Å². The molecule has 3 aromatic rings. The van der Waals surface area contributed by atoms with Crippen LogP contribution in [0, 0.1) is 6.92 Å². The molecule has 2 heterocycles. The van der Waals surface area contributed by atoms with Crippen molar-refractivity contribution in [2.75, 3.05) is 27.2 Å². The van der Waals surface area contributed by atoms with Crippen molar-refractivity contribution < 1.29 is 0 Å². The molecule has 6 nitrogen and oxygen atoms in total. The summed E-state index contributed by atoms with van der Waals surface area (Å²) < 4.78 is 6.17. The number of nitrogens with zero attached hydrogens (tertiary/aromatic N) is 4. The number of rotatable bonds is 8. The number of aromatic nitrogens is 3. The summed E-state index contributed by atoms with van der Waals surface area (Å²) in [4.78, 5) is 21.0. The van der Waals surface area contributed by atoms with Gasteiger partial charge in [0.05, 0.1) is 23.7 Å². The van der Waals surface area contributed by atoms with Crippen LogP contribution >= 0.6 is 11.5 Å². The van der Waals surface area contributed by atoms with Gasteiger partial charge in [0.25, 0.3) is 5.56 Å². The molecule has 0 saturated carbocycles. The fourth-order valence-electron chi connectivity index (χ4n) is 3.15. The van der Waals surface area contributed by atoms with Gasteiger partial charge in [-0.15, -0.1) is 0 Å². The molecule has 0 aliphatic rings. The fourth-order valence-corrected chi connectivity index (χ4v) is 3.92. The molecule has 0 aliphatic carbocycles. The molecule has 0 amide bonds. The first-order chi connectivity index (χ1) is 13.0. The van der Waals surface area contributed by atoms with E-state index in [0.29, 0.717) is 11.9 Å². The summed E-state index contributed by atoms with van der Waals surface area (Å²) in [6.07, 6.45) is 0.859. The van der Waals surface area contributed by atoms with Crippen molar-refractivity contribution in [3.8, 4) is 0 Å². The lowest BCUT2D eigenvalue weighted by molar-refractivity contribution is 0.373. The topological polar surface area (TPSA) is 63.0 Å². The molecule has 0 fully saturated rings. The summed E-state index contributed by atoms with van der Waals surface area (Å²) in [7, 11) is 4.11. The van der Waals surface area contributed by atoms with Crippen molar-refractivity contribution in [3.63, 3.8) is 0 Å². The highest BCUT2D eigenvalue weighted by atomic mass is 32.1. The average Bonchev–Trinajstić information content (AvgIpc) is 3.03. The molecular weight excluding hydrogens is 358 g/mol. The van der Waals surface area contributed by atoms with E-state index in [0.717, 1.165) is 41.4 Å². The monoisotopic (exact) mass is 385 g/mol. The molecule has 1 N–H and O–H groups in total. The largest absolute Gasteiger partial charge is 0.308 e. The predicted molar refractivity (Wildman–Crippen MR) is 112 cm³/mol. The van der Waals surface area contributed by atoms with Gasteiger partial charge in [0.15, 0.2) is 4.83 Å². The third-order valence-electron chi connectivity index (χ3n) is 4.65. The summed E-state index contributed by atoms with van der Waals surface area (Å²) in [6.45, 7) is 6.28. The molecule has 7 heteroatoms. The van der Waals surface area contributed by atoms with E-state index in [-0.39, 0.29) is 11.6 Å². The van der Waals surface area contributed by atoms with Crippen LogP contribution < -0.4 is 10.9 Å². The summed E-state index contributed by atoms with van der Waals surface area (Å²) in [5.41, 5.74) is 1.85. The first-order valence-electron chi connectivity index (χ1n) is 9.30. The van der Waals surface area contributed by atoms with Crippen LogP contribution in [-0.2, 0) is 6.54 Å². The zero-order valence-corrected chi connectivity index (χ0v) is 17.2. The van der Waals surface area contributed by atoms with Gasteiger partial charge in [-0.2, -0.15) is 4.37 Å². The van der Waals surface area contributed by atoms with Crippen LogP contribution in [0.2, 0.25) is 0 Å². The van der Waals surface area contributed by atoms with Crippen molar-refractivity contribution in [2.45, 2.75) is 32.9 Å². The quantitative estimate of drug-likeness (QED) is 0.646. The van der Waals surface area contributed by atoms with Crippen LogP contribution in [0.25, 0.3) is 10.2 Å². The summed E-state index contributed by atoms with van der Waals surface area (Å²) in [5.74, 6) is 0.793. The molecule has 0 saturated heterocycles. The van der Waals surface area contributed by atoms with Crippen molar-refractivity contribution in [2.24, 2.45) is 0 Å². The molecule has 0 aliphatic heterocycles. The molecule has 1 unspecified atom stereocenters. The summed E-state index contributed by atoms with van der Waals surface area (Å²) >= 11 is 1.30. The normalized spacial score (nSPS) is 12.8. The number of benzene rings is 1. The number of nitrogens with one attached hydrogen (secondary N) is 1. The zero-order valence-electron chi connectivity index (χ0n) is 16.4. The first kappa shape index (κ1) is 19.7. The highest BCUT2D eigenvalue weighted by Crippen LogP contribution is 2.22. The van der Waals surface area contributed by atoms with Crippen molar-refractivity contribution in [1.29, 1.82) is 0 Å². The third kappa shape index (κ3) is 4.43. The molecule has 0 spiro atoms. The third-order valence-corrected chi connectivity index (χ3v) is 5.48. The smallest absolute Gasteiger partial charge is 0.264 e. The van der Waals surface area contributed by atoms with E-state index in [2.05, 4.69) is 35.6 Å². The number of likely N-dealkylation sites (N-methyl/N-ethyl adjacent to an activating group) is 1. The molecular formula is C20H27N5OS. The van der Waals surface area contributed by atoms with Gasteiger partial charge in [0, 0.05) is 13.1 Å². The fraction of sp³-hybridized carbons (Fsp3) is 0.450. The molecule has 1 aromatic carbocycles. The standard InChI is InChI=1S/C20H27N5OS/c1-5-16(21-11-12-24(3)4)18-22-19-17(14(2)23-27-19)20(26)25(18)13-15-9-7-6-8-10-15/h6-10,16,21H,5,11-13H2,1-4H3. The molecule has 0 radical (unpaired) electrons. The van der Waals surface area contributed by atoms with E-state index in [1.165, 1.54) is 11.5 Å². The van der Waals surface area contributed by atoms with Crippen LogP contribution in [0.4, 0.5) is 0 Å². The van der Waals surface area contributed by atoms with Crippen LogP contribution in [0.3, 0.4) is 0 Å². The minimum absolute atomic E-state index is 0.00189. The zero-order chi connectivity index (χ0) is 19.4. The first-order valence-corrected chi connectivity index (χ1v) is 10.1. The van der Waals surface area contributed by atoms with Gasteiger partial charge < -0.3 is 10.2 Å². The Bertz CT molecular complexity index is 948. The van der Waals surface area contributed by atoms with Crippen LogP contribution in [0.15, 0.2) is 35.1 Å². The second-order valence-electron chi connectivity index (χ2n) is 7.01. The Morgan fingerprint density at radius 2 is 2.00 bits per heavy atom. The summed E-state index contributed by atoms with van der Waals surface area (Å²) in [5, 5.41) is 4.20. The Kier molecular flexibility index (Phi) is 6.36. The van der Waals surface area contributed by atoms with Crippen molar-refractivity contribution >= 4 is 21.7 Å². The number of aryl methyl sites for hydroxylation is 1. The molecule has 0 bridgehead atoms. The second-order valence-corrected chi connectivity index (χ2v) is 7.77. The predicted octanol–water partition coefficient (Wildman–Crippen LogP) is 2.81. The maximum atomic E-state index is 13.3. The molecule has 3 rings (SSSR count). The molecule has 2 aromatic heterocycles. The van der Waals surface area contributed by atoms with Crippen LogP contribution in [0.5, 0.6) is 0 Å². The maximum absolute atomic E-state index is 13.3. The van der Waals surface area contributed by atoms with E-state index in [1.807, 2.05) is 41.8 Å². The number of hydrogen-bond donors (Lipinski definition) is 1. The lowest BCUT2D eigenvalue weighted by Gasteiger charge is -2.22. The van der Waals surface area contributed by atoms with Crippen LogP contribution in [-0.4, -0.2) is 46.0 Å². The highest BCUT2D eigenvalue weighted by Gasteiger charge is 2.21. The van der Waals surface area contributed by atoms with Gasteiger partial charge in [0.1, 0.15) is 5.82 Å². The second kappa shape index (κ2) is 8.73. The Morgan fingerprint density at radius 1 is 1.26 bits per heavy atom. The lowest BCUT2D eigenvalue weighted by Crippen LogP contribution is -2.35. The van der Waals surface area contributed by atoms with Gasteiger partial charge in [-0.1, -0.05) is 37.3 Å². The van der Waals surface area contributed by atoms with Crippen molar-refractivity contribution in [1.82, 2.24) is 24.1 Å². The maximum Gasteiger partial charge on any atom is 0.264 e. The van der Waals surface area contributed by atoms with Gasteiger partial charge in [-0.05, 0) is 44.5 Å². The van der Waals surface area contributed by atoms with E-state index < -0.39 is 0 Å². The SMILES string of the molecule is CCC(NCCN(C)C)c1nc2snc(C)c2c(=O)n1Cc1ccccc1. The molecule has 27 heavy (non-hydrogen) atoms. The van der Waals surface area contributed by atoms with Gasteiger partial charge in [-0.25, -0.2) is 4.98 Å². The minimum Gasteiger partial charge on any atom is -0.308 e. The summed E-state index contributed by atoms with van der Waals surface area (Å²) in [6, 6.07) is 10.1. The Labute approximate surface area is 164 Å². The van der Waals surface area contributed by atoms with E-state index in [1.54, 1.807) is 0 Å². The Morgan fingerprint density at radius 3 is 2.67 bits per heavy atom. The Hall–Kier alpha value is -2.09. The van der Waals surface area contributed by atoms with Crippen molar-refractivity contribution in [3.05, 3.63) is 57.8 Å².